The minimum absolute atomic E-state index is 0.0421. The van der Waals surface area contributed by atoms with Crippen molar-refractivity contribution < 1.29 is 0 Å². The van der Waals surface area contributed by atoms with E-state index in [2.05, 4.69) is 75.9 Å². The zero-order valence-electron chi connectivity index (χ0n) is 12.1. The molecule has 0 saturated heterocycles. The van der Waals surface area contributed by atoms with E-state index in [0.29, 0.717) is 0 Å². The van der Waals surface area contributed by atoms with Crippen molar-refractivity contribution in [2.24, 2.45) is 0 Å². The molecule has 0 heterocycles. The normalized spacial score (nSPS) is 11.3. The maximum absolute atomic E-state index is 3.78. The Morgan fingerprint density at radius 2 is 1.37 bits per heavy atom. The van der Waals surface area contributed by atoms with Crippen LogP contribution in [-0.2, 0) is 11.8 Å². The monoisotopic (exact) mass is 250 g/mol. The van der Waals surface area contributed by atoms with Crippen LogP contribution in [0, 0.1) is 6.92 Å². The fraction of sp³-hybridized carbons (Fsp3) is 0.263. The maximum Gasteiger partial charge on any atom is 0.0146 e. The highest BCUT2D eigenvalue weighted by atomic mass is 14.3. The highest BCUT2D eigenvalue weighted by Crippen LogP contribution is 2.31. The summed E-state index contributed by atoms with van der Waals surface area (Å²) >= 11 is 0. The summed E-state index contributed by atoms with van der Waals surface area (Å²) in [6.07, 6.45) is 2.88. The van der Waals surface area contributed by atoms with Crippen LogP contribution >= 0.6 is 0 Å². The molecule has 0 aliphatic rings. The molecule has 19 heavy (non-hydrogen) atoms. The van der Waals surface area contributed by atoms with E-state index in [0.717, 1.165) is 6.42 Å². The number of aryl methyl sites for hydroxylation is 1. The summed E-state index contributed by atoms with van der Waals surface area (Å²) in [4.78, 5) is 0. The van der Waals surface area contributed by atoms with Crippen LogP contribution in [0.4, 0.5) is 0 Å². The van der Waals surface area contributed by atoms with E-state index in [1.165, 1.54) is 22.3 Å². The molecule has 2 aromatic carbocycles. The standard InChI is InChI=1S/C19H22/c1-5-6-16-9-13-18(14-10-16)19(3,4)17-11-7-15(2)8-12-17/h5,7-14H,1,6H2,2-4H3. The molecule has 0 atom stereocenters. The lowest BCUT2D eigenvalue weighted by Gasteiger charge is -2.26. The first kappa shape index (κ1) is 13.6. The minimum Gasteiger partial charge on any atom is -0.103 e. The number of rotatable bonds is 4. The van der Waals surface area contributed by atoms with Crippen molar-refractivity contribution in [3.8, 4) is 0 Å². The second kappa shape index (κ2) is 5.44. The number of hydrogen-bond acceptors (Lipinski definition) is 0. The quantitative estimate of drug-likeness (QED) is 0.666. The molecule has 2 rings (SSSR count). The highest BCUT2D eigenvalue weighted by molar-refractivity contribution is 5.39. The van der Waals surface area contributed by atoms with Gasteiger partial charge in [0.25, 0.3) is 0 Å². The highest BCUT2D eigenvalue weighted by Gasteiger charge is 2.22. The molecule has 0 nitrogen and oxygen atoms in total. The Morgan fingerprint density at radius 3 is 1.84 bits per heavy atom. The lowest BCUT2D eigenvalue weighted by Crippen LogP contribution is -2.18. The first-order valence-corrected chi connectivity index (χ1v) is 6.81. The van der Waals surface area contributed by atoms with Gasteiger partial charge in [0.15, 0.2) is 0 Å². The third kappa shape index (κ3) is 2.96. The lowest BCUT2D eigenvalue weighted by atomic mass is 9.78. The van der Waals surface area contributed by atoms with Crippen molar-refractivity contribution >= 4 is 0 Å². The Hall–Kier alpha value is -1.82. The first-order valence-electron chi connectivity index (χ1n) is 6.81. The summed E-state index contributed by atoms with van der Waals surface area (Å²) in [7, 11) is 0. The summed E-state index contributed by atoms with van der Waals surface area (Å²) in [5.74, 6) is 0. The SMILES string of the molecule is C=CCc1ccc(C(C)(C)c2ccc(C)cc2)cc1. The number of benzene rings is 2. The number of allylic oxidation sites excluding steroid dienone is 1. The van der Waals surface area contributed by atoms with Crippen molar-refractivity contribution in [3.05, 3.63) is 83.4 Å². The molecule has 0 fully saturated rings. The van der Waals surface area contributed by atoms with Crippen LogP contribution in [0.1, 0.15) is 36.1 Å². The molecule has 0 amide bonds. The molecule has 98 valence electrons. The van der Waals surface area contributed by atoms with Gasteiger partial charge < -0.3 is 0 Å². The van der Waals surface area contributed by atoms with Gasteiger partial charge in [0.05, 0.1) is 0 Å². The van der Waals surface area contributed by atoms with Gasteiger partial charge in [-0.1, -0.05) is 74.0 Å². The third-order valence-electron chi connectivity index (χ3n) is 3.83. The molecule has 0 N–H and O–H groups in total. The van der Waals surface area contributed by atoms with Gasteiger partial charge in [-0.2, -0.15) is 0 Å². The fourth-order valence-electron chi connectivity index (χ4n) is 2.36. The molecule has 0 aliphatic carbocycles. The Balaban J connectivity index is 2.32. The second-order valence-corrected chi connectivity index (χ2v) is 5.68. The van der Waals surface area contributed by atoms with E-state index in [4.69, 9.17) is 0 Å². The van der Waals surface area contributed by atoms with E-state index in [1.807, 2.05) is 6.08 Å². The van der Waals surface area contributed by atoms with E-state index in [9.17, 15) is 0 Å². The topological polar surface area (TPSA) is 0 Å². The van der Waals surface area contributed by atoms with Gasteiger partial charge in [-0.05, 0) is 30.0 Å². The molecule has 0 bridgehead atoms. The molecule has 0 heteroatoms. The fourth-order valence-corrected chi connectivity index (χ4v) is 2.36. The Bertz CT molecular complexity index is 542. The van der Waals surface area contributed by atoms with Crippen LogP contribution in [-0.4, -0.2) is 0 Å². The summed E-state index contributed by atoms with van der Waals surface area (Å²) in [6.45, 7) is 10.5. The Labute approximate surface area is 116 Å². The van der Waals surface area contributed by atoms with Crippen molar-refractivity contribution in [1.29, 1.82) is 0 Å². The van der Waals surface area contributed by atoms with Gasteiger partial charge in [0, 0.05) is 5.41 Å². The predicted octanol–water partition coefficient (Wildman–Crippen LogP) is 5.05. The lowest BCUT2D eigenvalue weighted by molar-refractivity contribution is 0.640. The molecule has 0 radical (unpaired) electrons. The molecular formula is C19H22. The van der Waals surface area contributed by atoms with E-state index >= 15 is 0 Å². The Morgan fingerprint density at radius 1 is 0.895 bits per heavy atom. The van der Waals surface area contributed by atoms with Gasteiger partial charge in [-0.15, -0.1) is 6.58 Å². The summed E-state index contributed by atoms with van der Waals surface area (Å²) < 4.78 is 0. The predicted molar refractivity (Wildman–Crippen MR) is 83.7 cm³/mol. The van der Waals surface area contributed by atoms with Crippen LogP contribution in [0.2, 0.25) is 0 Å². The molecule has 0 aromatic heterocycles. The van der Waals surface area contributed by atoms with Crippen LogP contribution in [0.5, 0.6) is 0 Å². The third-order valence-corrected chi connectivity index (χ3v) is 3.83. The van der Waals surface area contributed by atoms with Gasteiger partial charge in [0.2, 0.25) is 0 Å². The van der Waals surface area contributed by atoms with Crippen molar-refractivity contribution in [1.82, 2.24) is 0 Å². The first-order chi connectivity index (χ1) is 9.04. The van der Waals surface area contributed by atoms with E-state index in [1.54, 1.807) is 0 Å². The van der Waals surface area contributed by atoms with Gasteiger partial charge in [-0.25, -0.2) is 0 Å². The average Bonchev–Trinajstić information content (AvgIpc) is 2.40. The van der Waals surface area contributed by atoms with Gasteiger partial charge in [-0.3, -0.25) is 0 Å². The summed E-state index contributed by atoms with van der Waals surface area (Å²) in [5, 5.41) is 0. The maximum atomic E-state index is 3.78. The summed E-state index contributed by atoms with van der Waals surface area (Å²) in [6, 6.07) is 17.7. The van der Waals surface area contributed by atoms with E-state index < -0.39 is 0 Å². The van der Waals surface area contributed by atoms with Crippen molar-refractivity contribution in [2.45, 2.75) is 32.6 Å². The molecule has 0 spiro atoms. The van der Waals surface area contributed by atoms with Crippen LogP contribution in [0.25, 0.3) is 0 Å². The largest absolute Gasteiger partial charge is 0.103 e. The summed E-state index contributed by atoms with van der Waals surface area (Å²) in [5.41, 5.74) is 5.37. The number of hydrogen-bond donors (Lipinski definition) is 0. The molecule has 0 unspecified atom stereocenters. The van der Waals surface area contributed by atoms with Crippen LogP contribution in [0.3, 0.4) is 0 Å². The second-order valence-electron chi connectivity index (χ2n) is 5.68. The van der Waals surface area contributed by atoms with E-state index in [-0.39, 0.29) is 5.41 Å². The van der Waals surface area contributed by atoms with Gasteiger partial charge in [0.1, 0.15) is 0 Å². The van der Waals surface area contributed by atoms with Crippen LogP contribution in [0.15, 0.2) is 61.2 Å². The minimum atomic E-state index is 0.0421. The molecule has 0 saturated carbocycles. The van der Waals surface area contributed by atoms with Crippen molar-refractivity contribution in [3.63, 3.8) is 0 Å². The van der Waals surface area contributed by atoms with Gasteiger partial charge >= 0.3 is 0 Å². The average molecular weight is 250 g/mol. The van der Waals surface area contributed by atoms with Crippen molar-refractivity contribution in [2.75, 3.05) is 0 Å². The zero-order valence-corrected chi connectivity index (χ0v) is 12.1. The molecule has 2 aromatic rings. The molecular weight excluding hydrogens is 228 g/mol. The molecule has 0 aliphatic heterocycles. The Kier molecular flexibility index (Phi) is 3.90. The smallest absolute Gasteiger partial charge is 0.0146 e. The zero-order chi connectivity index (χ0) is 13.9. The van der Waals surface area contributed by atoms with Crippen LogP contribution < -0.4 is 0 Å².